The van der Waals surface area contributed by atoms with Crippen LogP contribution in [0.5, 0.6) is 0 Å². The van der Waals surface area contributed by atoms with Gasteiger partial charge < -0.3 is 0 Å². The van der Waals surface area contributed by atoms with E-state index in [9.17, 15) is 16.8 Å². The summed E-state index contributed by atoms with van der Waals surface area (Å²) in [5.41, 5.74) is 0. The predicted molar refractivity (Wildman–Crippen MR) is 66.6 cm³/mol. The zero-order chi connectivity index (χ0) is 13.1. The van der Waals surface area contributed by atoms with E-state index in [2.05, 4.69) is 9.44 Å². The molecule has 2 N–H and O–H groups in total. The van der Waals surface area contributed by atoms with Crippen LogP contribution >= 0.6 is 0 Å². The Labute approximate surface area is 103 Å². The summed E-state index contributed by atoms with van der Waals surface area (Å²) in [5.74, 6) is 0. The van der Waals surface area contributed by atoms with E-state index in [1.165, 1.54) is 0 Å². The van der Waals surface area contributed by atoms with Crippen LogP contribution in [0.1, 0.15) is 32.1 Å². The topological polar surface area (TPSA) is 92.3 Å². The molecule has 2 atom stereocenters. The van der Waals surface area contributed by atoms with Gasteiger partial charge in [-0.25, -0.2) is 26.3 Å². The standard InChI is InChI=1S/C9H20N2O4S2/c1-16(12,13)10-8-6-4-3-5-7-9(8)11-17(2,14)15/h8-11H,3-7H2,1-2H3/t8-,9+. The van der Waals surface area contributed by atoms with Gasteiger partial charge in [0.1, 0.15) is 0 Å². The van der Waals surface area contributed by atoms with Gasteiger partial charge in [0.2, 0.25) is 20.0 Å². The van der Waals surface area contributed by atoms with Gasteiger partial charge in [0.25, 0.3) is 0 Å². The van der Waals surface area contributed by atoms with Gasteiger partial charge in [0, 0.05) is 12.1 Å². The molecule has 0 aromatic carbocycles. The first-order chi connectivity index (χ1) is 7.67. The monoisotopic (exact) mass is 284 g/mol. The Morgan fingerprint density at radius 3 is 1.41 bits per heavy atom. The third-order valence-corrected chi connectivity index (χ3v) is 4.21. The van der Waals surface area contributed by atoms with Gasteiger partial charge in [-0.15, -0.1) is 0 Å². The lowest BCUT2D eigenvalue weighted by Crippen LogP contribution is -2.50. The van der Waals surface area contributed by atoms with E-state index in [1.807, 2.05) is 0 Å². The van der Waals surface area contributed by atoms with Gasteiger partial charge in [-0.3, -0.25) is 0 Å². The van der Waals surface area contributed by atoms with Crippen LogP contribution < -0.4 is 9.44 Å². The minimum Gasteiger partial charge on any atom is -0.213 e. The molecule has 17 heavy (non-hydrogen) atoms. The highest BCUT2D eigenvalue weighted by molar-refractivity contribution is 7.89. The fourth-order valence-corrected chi connectivity index (χ4v) is 3.80. The number of sulfonamides is 2. The van der Waals surface area contributed by atoms with Gasteiger partial charge in [0.15, 0.2) is 0 Å². The second kappa shape index (κ2) is 5.64. The molecule has 0 bridgehead atoms. The van der Waals surface area contributed by atoms with Crippen molar-refractivity contribution in [3.63, 3.8) is 0 Å². The maximum atomic E-state index is 11.2. The lowest BCUT2D eigenvalue weighted by atomic mass is 10.1. The van der Waals surface area contributed by atoms with Crippen LogP contribution in [0.3, 0.4) is 0 Å². The maximum Gasteiger partial charge on any atom is 0.209 e. The predicted octanol–water partition coefficient (Wildman–Crippen LogP) is -0.214. The number of hydrogen-bond donors (Lipinski definition) is 2. The molecular weight excluding hydrogens is 264 g/mol. The van der Waals surface area contributed by atoms with Crippen molar-refractivity contribution < 1.29 is 16.8 Å². The van der Waals surface area contributed by atoms with Crippen molar-refractivity contribution in [1.29, 1.82) is 0 Å². The molecule has 0 radical (unpaired) electrons. The summed E-state index contributed by atoms with van der Waals surface area (Å²) in [5, 5.41) is 0. The maximum absolute atomic E-state index is 11.2. The van der Waals surface area contributed by atoms with E-state index < -0.39 is 20.0 Å². The van der Waals surface area contributed by atoms with Crippen LogP contribution in [0.2, 0.25) is 0 Å². The van der Waals surface area contributed by atoms with Crippen molar-refractivity contribution in [1.82, 2.24) is 9.44 Å². The van der Waals surface area contributed by atoms with Gasteiger partial charge >= 0.3 is 0 Å². The molecule has 1 saturated carbocycles. The summed E-state index contributed by atoms with van der Waals surface area (Å²) in [6.45, 7) is 0. The summed E-state index contributed by atoms with van der Waals surface area (Å²) in [6, 6.07) is -0.690. The Hall–Kier alpha value is -0.180. The lowest BCUT2D eigenvalue weighted by molar-refractivity contribution is 0.427. The Kier molecular flexibility index (Phi) is 4.94. The highest BCUT2D eigenvalue weighted by Crippen LogP contribution is 2.19. The molecule has 0 aliphatic heterocycles. The quantitative estimate of drug-likeness (QED) is 0.698. The molecule has 0 aromatic rings. The molecule has 1 rings (SSSR count). The summed E-state index contributed by atoms with van der Waals surface area (Å²) in [4.78, 5) is 0. The fourth-order valence-electron chi connectivity index (χ4n) is 2.14. The first kappa shape index (κ1) is 14.9. The minimum absolute atomic E-state index is 0.345. The van der Waals surface area contributed by atoms with Crippen molar-refractivity contribution in [2.75, 3.05) is 12.5 Å². The zero-order valence-corrected chi connectivity index (χ0v) is 11.8. The number of nitrogens with one attached hydrogen (secondary N) is 2. The second-order valence-electron chi connectivity index (χ2n) is 4.63. The average Bonchev–Trinajstić information content (AvgIpc) is 2.27. The fraction of sp³-hybridized carbons (Fsp3) is 1.00. The first-order valence-electron chi connectivity index (χ1n) is 5.62. The molecule has 8 heteroatoms. The molecule has 0 aromatic heterocycles. The smallest absolute Gasteiger partial charge is 0.209 e. The van der Waals surface area contributed by atoms with Crippen molar-refractivity contribution in [2.24, 2.45) is 0 Å². The van der Waals surface area contributed by atoms with Crippen LogP contribution in [-0.2, 0) is 20.0 Å². The molecule has 0 heterocycles. The largest absolute Gasteiger partial charge is 0.213 e. The van der Waals surface area contributed by atoms with Crippen LogP contribution in [-0.4, -0.2) is 41.4 Å². The molecule has 6 nitrogen and oxygen atoms in total. The highest BCUT2D eigenvalue weighted by atomic mass is 32.2. The SMILES string of the molecule is CS(=O)(=O)N[C@H]1CCCCC[C@H]1NS(C)(=O)=O. The number of rotatable bonds is 4. The van der Waals surface area contributed by atoms with E-state index in [0.717, 1.165) is 31.8 Å². The van der Waals surface area contributed by atoms with Crippen molar-refractivity contribution in [2.45, 2.75) is 44.2 Å². The zero-order valence-electron chi connectivity index (χ0n) is 10.1. The third kappa shape index (κ3) is 6.35. The molecule has 1 aliphatic carbocycles. The van der Waals surface area contributed by atoms with Crippen molar-refractivity contribution in [3.8, 4) is 0 Å². The van der Waals surface area contributed by atoms with Crippen LogP contribution in [0, 0.1) is 0 Å². The molecule has 0 saturated heterocycles. The molecular formula is C9H20N2O4S2. The van der Waals surface area contributed by atoms with Crippen molar-refractivity contribution in [3.05, 3.63) is 0 Å². The van der Waals surface area contributed by atoms with Gasteiger partial charge in [-0.1, -0.05) is 19.3 Å². The second-order valence-corrected chi connectivity index (χ2v) is 8.19. The van der Waals surface area contributed by atoms with Gasteiger partial charge in [-0.05, 0) is 12.8 Å². The lowest BCUT2D eigenvalue weighted by Gasteiger charge is -2.25. The summed E-state index contributed by atoms with van der Waals surface area (Å²) >= 11 is 0. The summed E-state index contributed by atoms with van der Waals surface area (Å²) in [6.07, 6.45) is 6.35. The van der Waals surface area contributed by atoms with E-state index in [-0.39, 0.29) is 12.1 Å². The molecule has 102 valence electrons. The van der Waals surface area contributed by atoms with E-state index in [1.54, 1.807) is 0 Å². The van der Waals surface area contributed by atoms with E-state index in [4.69, 9.17) is 0 Å². The van der Waals surface area contributed by atoms with Crippen LogP contribution in [0.15, 0.2) is 0 Å². The summed E-state index contributed by atoms with van der Waals surface area (Å²) < 4.78 is 50.0. The highest BCUT2D eigenvalue weighted by Gasteiger charge is 2.28. The molecule has 1 fully saturated rings. The molecule has 0 amide bonds. The molecule has 0 spiro atoms. The van der Waals surface area contributed by atoms with Gasteiger partial charge in [0.05, 0.1) is 12.5 Å². The Balaban J connectivity index is 2.79. The van der Waals surface area contributed by atoms with Crippen molar-refractivity contribution >= 4 is 20.0 Å². The van der Waals surface area contributed by atoms with Crippen LogP contribution in [0.25, 0.3) is 0 Å². The number of hydrogen-bond acceptors (Lipinski definition) is 4. The average molecular weight is 284 g/mol. The Bertz CT molecular complexity index is 402. The van der Waals surface area contributed by atoms with Gasteiger partial charge in [-0.2, -0.15) is 0 Å². The Morgan fingerprint density at radius 2 is 1.12 bits per heavy atom. The summed E-state index contributed by atoms with van der Waals surface area (Å²) in [7, 11) is -6.63. The Morgan fingerprint density at radius 1 is 0.765 bits per heavy atom. The van der Waals surface area contributed by atoms with E-state index >= 15 is 0 Å². The molecule has 1 aliphatic rings. The van der Waals surface area contributed by atoms with E-state index in [0.29, 0.717) is 12.8 Å². The molecule has 0 unspecified atom stereocenters. The third-order valence-electron chi connectivity index (χ3n) is 2.75. The normalized spacial score (nSPS) is 27.6. The first-order valence-corrected chi connectivity index (χ1v) is 9.40. The van der Waals surface area contributed by atoms with Crippen LogP contribution in [0.4, 0.5) is 0 Å². The minimum atomic E-state index is -3.31.